The minimum atomic E-state index is -0.00395. The lowest BCUT2D eigenvalue weighted by atomic mass is 10.1. The van der Waals surface area contributed by atoms with Crippen LogP contribution in [-0.2, 0) is 14.3 Å². The van der Waals surface area contributed by atoms with Crippen LogP contribution in [-0.4, -0.2) is 80.1 Å². The molecule has 2 aliphatic heterocycles. The number of morpholine rings is 1. The number of amides is 2. The van der Waals surface area contributed by atoms with Gasteiger partial charge in [0.05, 0.1) is 19.8 Å². The number of anilines is 1. The van der Waals surface area contributed by atoms with E-state index in [1.54, 1.807) is 0 Å². The van der Waals surface area contributed by atoms with Gasteiger partial charge in [-0.05, 0) is 25.0 Å². The number of aryl methyl sites for hydroxylation is 2. The lowest BCUT2D eigenvalue weighted by Crippen LogP contribution is -2.52. The van der Waals surface area contributed by atoms with Crippen molar-refractivity contribution < 1.29 is 14.3 Å². The van der Waals surface area contributed by atoms with E-state index in [4.69, 9.17) is 4.74 Å². The fraction of sp³-hybridized carbons (Fsp3) is 0.600. The summed E-state index contributed by atoms with van der Waals surface area (Å²) in [6, 6.07) is 6.11. The Morgan fingerprint density at radius 3 is 2.52 bits per heavy atom. The molecule has 1 aromatic carbocycles. The maximum absolute atomic E-state index is 12.4. The number of benzene rings is 1. The van der Waals surface area contributed by atoms with Gasteiger partial charge in [-0.25, -0.2) is 0 Å². The Kier molecular flexibility index (Phi) is 6.82. The number of nitrogens with one attached hydrogen (secondary N) is 2. The molecule has 1 aromatic rings. The summed E-state index contributed by atoms with van der Waals surface area (Å²) in [6.45, 7) is 9.26. The molecule has 148 valence electrons. The first-order valence-corrected chi connectivity index (χ1v) is 9.70. The van der Waals surface area contributed by atoms with Crippen molar-refractivity contribution in [3.8, 4) is 0 Å². The van der Waals surface area contributed by atoms with Gasteiger partial charge in [0.25, 0.3) is 0 Å². The number of rotatable bonds is 5. The molecule has 2 fully saturated rings. The van der Waals surface area contributed by atoms with Crippen molar-refractivity contribution in [2.75, 3.05) is 57.8 Å². The zero-order valence-electron chi connectivity index (χ0n) is 16.3. The summed E-state index contributed by atoms with van der Waals surface area (Å²) in [7, 11) is 0. The zero-order valence-corrected chi connectivity index (χ0v) is 16.3. The first-order valence-electron chi connectivity index (χ1n) is 9.70. The number of hydrogen-bond donors (Lipinski definition) is 2. The molecule has 27 heavy (non-hydrogen) atoms. The molecule has 0 radical (unpaired) electrons. The first-order chi connectivity index (χ1) is 13.0. The van der Waals surface area contributed by atoms with Crippen molar-refractivity contribution >= 4 is 17.5 Å². The normalized spacial score (nSPS) is 21.1. The van der Waals surface area contributed by atoms with E-state index < -0.39 is 0 Å². The van der Waals surface area contributed by atoms with E-state index in [0.717, 1.165) is 36.4 Å². The van der Waals surface area contributed by atoms with E-state index >= 15 is 0 Å². The van der Waals surface area contributed by atoms with Gasteiger partial charge >= 0.3 is 0 Å². The average molecular weight is 374 g/mol. The zero-order chi connectivity index (χ0) is 19.2. The molecule has 0 aliphatic carbocycles. The Morgan fingerprint density at radius 2 is 1.89 bits per heavy atom. The van der Waals surface area contributed by atoms with Gasteiger partial charge in [0, 0.05) is 50.9 Å². The molecule has 0 aromatic heterocycles. The highest BCUT2D eigenvalue weighted by Gasteiger charge is 2.25. The Balaban J connectivity index is 1.42. The lowest BCUT2D eigenvalue weighted by Gasteiger charge is -2.35. The Hall–Kier alpha value is -1.96. The summed E-state index contributed by atoms with van der Waals surface area (Å²) >= 11 is 0. The summed E-state index contributed by atoms with van der Waals surface area (Å²) in [5.74, 6) is 0.161. The number of carbonyl (C=O) groups excluding carboxylic acids is 2. The van der Waals surface area contributed by atoms with E-state index in [0.29, 0.717) is 39.3 Å². The molecule has 1 atom stereocenters. The van der Waals surface area contributed by atoms with Crippen LogP contribution in [0.4, 0.5) is 5.69 Å². The number of piperazine rings is 1. The monoisotopic (exact) mass is 374 g/mol. The molecular formula is C20H30N4O3. The predicted molar refractivity (Wildman–Crippen MR) is 105 cm³/mol. The number of para-hydroxylation sites is 1. The van der Waals surface area contributed by atoms with Crippen molar-refractivity contribution in [3.05, 3.63) is 29.3 Å². The number of ether oxygens (including phenoxy) is 1. The van der Waals surface area contributed by atoms with Crippen LogP contribution in [0.25, 0.3) is 0 Å². The molecule has 2 amide bonds. The first kappa shape index (κ1) is 19.8. The van der Waals surface area contributed by atoms with Gasteiger partial charge in [0.2, 0.25) is 11.8 Å². The SMILES string of the molecule is Cc1cccc(C)c1NC(=O)CN1CCN(C(=O)CC2COCCN2)CC1. The second-order valence-electron chi connectivity index (χ2n) is 7.40. The van der Waals surface area contributed by atoms with E-state index in [2.05, 4.69) is 15.5 Å². The van der Waals surface area contributed by atoms with Crippen molar-refractivity contribution in [3.63, 3.8) is 0 Å². The number of nitrogens with zero attached hydrogens (tertiary/aromatic N) is 2. The van der Waals surface area contributed by atoms with E-state index in [9.17, 15) is 9.59 Å². The molecule has 2 saturated heterocycles. The number of carbonyl (C=O) groups is 2. The van der Waals surface area contributed by atoms with Crippen LogP contribution < -0.4 is 10.6 Å². The van der Waals surface area contributed by atoms with Gasteiger partial charge in [-0.2, -0.15) is 0 Å². The van der Waals surface area contributed by atoms with Crippen molar-refractivity contribution in [1.82, 2.24) is 15.1 Å². The molecule has 3 rings (SSSR count). The van der Waals surface area contributed by atoms with Gasteiger partial charge in [0.1, 0.15) is 0 Å². The van der Waals surface area contributed by atoms with Gasteiger partial charge < -0.3 is 20.3 Å². The molecule has 2 aliphatic rings. The van der Waals surface area contributed by atoms with E-state index in [1.165, 1.54) is 0 Å². The van der Waals surface area contributed by atoms with Crippen molar-refractivity contribution in [2.24, 2.45) is 0 Å². The minimum absolute atomic E-state index is 0.00395. The molecule has 2 N–H and O–H groups in total. The molecule has 0 saturated carbocycles. The molecule has 1 unspecified atom stereocenters. The third-order valence-electron chi connectivity index (χ3n) is 5.26. The second kappa shape index (κ2) is 9.30. The summed E-state index contributed by atoms with van der Waals surface area (Å²) < 4.78 is 5.41. The summed E-state index contributed by atoms with van der Waals surface area (Å²) in [4.78, 5) is 28.9. The largest absolute Gasteiger partial charge is 0.378 e. The smallest absolute Gasteiger partial charge is 0.238 e. The van der Waals surface area contributed by atoms with Crippen LogP contribution in [0.15, 0.2) is 18.2 Å². The summed E-state index contributed by atoms with van der Waals surface area (Å²) in [6.07, 6.45) is 0.479. The van der Waals surface area contributed by atoms with Gasteiger partial charge in [-0.1, -0.05) is 18.2 Å². The fourth-order valence-electron chi connectivity index (χ4n) is 3.64. The third-order valence-corrected chi connectivity index (χ3v) is 5.26. The maximum Gasteiger partial charge on any atom is 0.238 e. The second-order valence-corrected chi connectivity index (χ2v) is 7.40. The topological polar surface area (TPSA) is 73.9 Å². The average Bonchev–Trinajstić information content (AvgIpc) is 2.66. The Labute approximate surface area is 161 Å². The standard InChI is InChI=1S/C20H30N4O3/c1-15-4-3-5-16(2)20(15)22-18(25)13-23-7-9-24(10-8-23)19(26)12-17-14-27-11-6-21-17/h3-5,17,21H,6-14H2,1-2H3,(H,22,25). The molecular weight excluding hydrogens is 344 g/mol. The molecule has 2 heterocycles. The highest BCUT2D eigenvalue weighted by Crippen LogP contribution is 2.19. The van der Waals surface area contributed by atoms with Crippen LogP contribution in [0, 0.1) is 13.8 Å². The lowest BCUT2D eigenvalue weighted by molar-refractivity contribution is -0.134. The van der Waals surface area contributed by atoms with E-state index in [-0.39, 0.29) is 17.9 Å². The van der Waals surface area contributed by atoms with Crippen LogP contribution in [0.1, 0.15) is 17.5 Å². The third kappa shape index (κ3) is 5.51. The van der Waals surface area contributed by atoms with Crippen LogP contribution in [0.5, 0.6) is 0 Å². The highest BCUT2D eigenvalue weighted by atomic mass is 16.5. The fourth-order valence-corrected chi connectivity index (χ4v) is 3.64. The molecule has 0 spiro atoms. The van der Waals surface area contributed by atoms with Gasteiger partial charge in [0.15, 0.2) is 0 Å². The number of hydrogen-bond acceptors (Lipinski definition) is 5. The Morgan fingerprint density at radius 1 is 1.19 bits per heavy atom. The Bertz CT molecular complexity index is 645. The maximum atomic E-state index is 12.4. The van der Waals surface area contributed by atoms with Crippen LogP contribution in [0.2, 0.25) is 0 Å². The van der Waals surface area contributed by atoms with Crippen molar-refractivity contribution in [1.29, 1.82) is 0 Å². The summed E-state index contributed by atoms with van der Waals surface area (Å²) in [5.41, 5.74) is 3.04. The van der Waals surface area contributed by atoms with E-state index in [1.807, 2.05) is 36.9 Å². The van der Waals surface area contributed by atoms with Gasteiger partial charge in [-0.15, -0.1) is 0 Å². The molecule has 7 nitrogen and oxygen atoms in total. The predicted octanol–water partition coefficient (Wildman–Crippen LogP) is 0.765. The molecule has 7 heteroatoms. The quantitative estimate of drug-likeness (QED) is 0.796. The van der Waals surface area contributed by atoms with Crippen LogP contribution >= 0.6 is 0 Å². The minimum Gasteiger partial charge on any atom is -0.378 e. The molecule has 0 bridgehead atoms. The highest BCUT2D eigenvalue weighted by molar-refractivity contribution is 5.93. The van der Waals surface area contributed by atoms with Crippen molar-refractivity contribution in [2.45, 2.75) is 26.3 Å². The van der Waals surface area contributed by atoms with Crippen LogP contribution in [0.3, 0.4) is 0 Å². The summed E-state index contributed by atoms with van der Waals surface area (Å²) in [5, 5.41) is 6.35. The van der Waals surface area contributed by atoms with Gasteiger partial charge in [-0.3, -0.25) is 14.5 Å².